The van der Waals surface area contributed by atoms with E-state index in [1.165, 1.54) is 4.31 Å². The van der Waals surface area contributed by atoms with Crippen LogP contribution in [0.2, 0.25) is 0 Å². The maximum absolute atomic E-state index is 13.9. The second-order valence-electron chi connectivity index (χ2n) is 12.4. The van der Waals surface area contributed by atoms with Crippen molar-refractivity contribution < 1.29 is 17.9 Å². The van der Waals surface area contributed by atoms with Crippen LogP contribution < -0.4 is 15.6 Å². The minimum atomic E-state index is -3.76. The molecule has 46 heavy (non-hydrogen) atoms. The lowest BCUT2D eigenvalue weighted by atomic mass is 9.98. The molecule has 12 heteroatoms. The van der Waals surface area contributed by atoms with Gasteiger partial charge in [0.05, 0.1) is 34.8 Å². The van der Waals surface area contributed by atoms with Gasteiger partial charge in [0.2, 0.25) is 10.0 Å². The minimum absolute atomic E-state index is 0.0612. The Morgan fingerprint density at radius 2 is 1.80 bits per heavy atom. The standard InChI is InChI=1S/C34H42N6O5S/c1-5-45-32-11-10-26(46(43,44)39-14-12-38(4)13-15-39)19-27(32)24-17-28(30-21-36-40(31(30)18-24)25-8-6-7-9-25)33(41)35-20-29-22(2)16-23(3)37-34(29)42/h10-11,16-19,21,25H,5-9,12-15,20H2,1-4H3,(H,35,41)(H,37,42). The molecule has 11 nitrogen and oxygen atoms in total. The van der Waals surface area contributed by atoms with Crippen LogP contribution in [-0.2, 0) is 16.6 Å². The zero-order chi connectivity index (χ0) is 32.6. The van der Waals surface area contributed by atoms with Crippen LogP contribution in [0.15, 0.2) is 52.3 Å². The van der Waals surface area contributed by atoms with Crippen LogP contribution in [0.3, 0.4) is 0 Å². The van der Waals surface area contributed by atoms with Crippen molar-refractivity contribution in [3.63, 3.8) is 0 Å². The number of aromatic amines is 1. The number of carbonyl (C=O) groups is 1. The summed E-state index contributed by atoms with van der Waals surface area (Å²) in [5.41, 5.74) is 4.25. The van der Waals surface area contributed by atoms with E-state index < -0.39 is 10.0 Å². The van der Waals surface area contributed by atoms with Gasteiger partial charge in [-0.25, -0.2) is 8.42 Å². The number of fused-ring (bicyclic) bond motifs is 1. The molecule has 3 heterocycles. The van der Waals surface area contributed by atoms with Gasteiger partial charge in [-0.15, -0.1) is 0 Å². The number of rotatable bonds is 9. The van der Waals surface area contributed by atoms with Gasteiger partial charge in [0.15, 0.2) is 0 Å². The van der Waals surface area contributed by atoms with Gasteiger partial charge in [-0.3, -0.25) is 14.3 Å². The van der Waals surface area contributed by atoms with E-state index in [0.717, 1.165) is 42.5 Å². The molecule has 2 fully saturated rings. The number of ether oxygens (including phenoxy) is 1. The van der Waals surface area contributed by atoms with E-state index in [4.69, 9.17) is 9.84 Å². The molecule has 2 aromatic carbocycles. The van der Waals surface area contributed by atoms with Crippen molar-refractivity contribution in [1.82, 2.24) is 29.3 Å². The van der Waals surface area contributed by atoms with E-state index in [0.29, 0.717) is 66.2 Å². The fourth-order valence-electron chi connectivity index (χ4n) is 6.65. The SMILES string of the molecule is CCOc1ccc(S(=O)(=O)N2CCN(C)CC2)cc1-c1cc(C(=O)NCc2c(C)cc(C)[nH]c2=O)c2cnn(C3CCCC3)c2c1. The van der Waals surface area contributed by atoms with Gasteiger partial charge >= 0.3 is 0 Å². The first kappa shape index (κ1) is 32.0. The summed E-state index contributed by atoms with van der Waals surface area (Å²) < 4.78 is 37.1. The lowest BCUT2D eigenvalue weighted by Gasteiger charge is -2.31. The number of aryl methyl sites for hydroxylation is 2. The summed E-state index contributed by atoms with van der Waals surface area (Å²) in [6, 6.07) is 10.8. The van der Waals surface area contributed by atoms with Gasteiger partial charge in [0.1, 0.15) is 5.75 Å². The highest BCUT2D eigenvalue weighted by Crippen LogP contribution is 2.38. The predicted octanol–water partition coefficient (Wildman–Crippen LogP) is 4.39. The number of nitrogens with zero attached hydrogens (tertiary/aromatic N) is 4. The number of H-pyrrole nitrogens is 1. The largest absolute Gasteiger partial charge is 0.493 e. The third kappa shape index (κ3) is 6.21. The Morgan fingerprint density at radius 1 is 1.07 bits per heavy atom. The summed E-state index contributed by atoms with van der Waals surface area (Å²) in [5.74, 6) is 0.177. The topological polar surface area (TPSA) is 130 Å². The van der Waals surface area contributed by atoms with Crippen LogP contribution >= 0.6 is 0 Å². The fraction of sp³-hybridized carbons (Fsp3) is 0.441. The van der Waals surface area contributed by atoms with Gasteiger partial charge in [-0.1, -0.05) is 12.8 Å². The minimum Gasteiger partial charge on any atom is -0.493 e. The maximum atomic E-state index is 13.9. The molecule has 1 amide bonds. The Balaban J connectivity index is 1.45. The summed E-state index contributed by atoms with van der Waals surface area (Å²) in [6.07, 6.45) is 5.96. The second kappa shape index (κ2) is 13.0. The molecule has 6 rings (SSSR count). The molecule has 244 valence electrons. The molecule has 0 radical (unpaired) electrons. The molecule has 0 spiro atoms. The van der Waals surface area contributed by atoms with Crippen LogP contribution in [0, 0.1) is 13.8 Å². The Kier molecular flexibility index (Phi) is 9.04. The average molecular weight is 647 g/mol. The Morgan fingerprint density at radius 3 is 2.50 bits per heavy atom. The third-order valence-corrected chi connectivity index (χ3v) is 11.1. The van der Waals surface area contributed by atoms with Gasteiger partial charge in [-0.2, -0.15) is 9.40 Å². The fourth-order valence-corrected chi connectivity index (χ4v) is 8.10. The number of sulfonamides is 1. The molecule has 0 atom stereocenters. The van der Waals surface area contributed by atoms with Crippen LogP contribution in [0.5, 0.6) is 5.75 Å². The molecular weight excluding hydrogens is 604 g/mol. The molecule has 2 aliphatic rings. The number of hydrogen-bond acceptors (Lipinski definition) is 7. The Labute approximate surface area is 269 Å². The van der Waals surface area contributed by atoms with Crippen molar-refractivity contribution in [2.45, 2.75) is 63.9 Å². The number of nitrogens with one attached hydrogen (secondary N) is 2. The first-order valence-corrected chi connectivity index (χ1v) is 17.5. The summed E-state index contributed by atoms with van der Waals surface area (Å²) >= 11 is 0. The van der Waals surface area contributed by atoms with Crippen LogP contribution in [0.25, 0.3) is 22.0 Å². The van der Waals surface area contributed by atoms with Gasteiger partial charge in [0, 0.05) is 54.9 Å². The lowest BCUT2D eigenvalue weighted by Crippen LogP contribution is -2.47. The van der Waals surface area contributed by atoms with E-state index in [2.05, 4.69) is 15.2 Å². The van der Waals surface area contributed by atoms with Crippen molar-refractivity contribution in [1.29, 1.82) is 0 Å². The highest BCUT2D eigenvalue weighted by Gasteiger charge is 2.29. The zero-order valence-corrected chi connectivity index (χ0v) is 27.7. The van der Waals surface area contributed by atoms with Crippen LogP contribution in [0.1, 0.15) is 65.8 Å². The first-order chi connectivity index (χ1) is 22.1. The number of likely N-dealkylation sites (N-methyl/N-ethyl adjacent to an activating group) is 1. The predicted molar refractivity (Wildman–Crippen MR) is 178 cm³/mol. The quantitative estimate of drug-likeness (QED) is 0.276. The highest BCUT2D eigenvalue weighted by molar-refractivity contribution is 7.89. The average Bonchev–Trinajstić information content (AvgIpc) is 3.71. The number of hydrogen-bond donors (Lipinski definition) is 2. The van der Waals surface area contributed by atoms with Crippen molar-refractivity contribution in [2.24, 2.45) is 0 Å². The second-order valence-corrected chi connectivity index (χ2v) is 14.3. The number of carbonyl (C=O) groups excluding carboxylic acids is 1. The number of pyridine rings is 1. The number of aromatic nitrogens is 3. The van der Waals surface area contributed by atoms with Crippen LogP contribution in [0.4, 0.5) is 0 Å². The van der Waals surface area contributed by atoms with E-state index in [1.807, 2.05) is 44.6 Å². The van der Waals surface area contributed by atoms with Gasteiger partial charge < -0.3 is 19.9 Å². The molecule has 1 aliphatic heterocycles. The molecule has 0 bridgehead atoms. The summed E-state index contributed by atoms with van der Waals surface area (Å²) in [4.78, 5) is 31.7. The van der Waals surface area contributed by atoms with E-state index in [1.54, 1.807) is 30.5 Å². The Hall–Kier alpha value is -4.00. The van der Waals surface area contributed by atoms with E-state index in [-0.39, 0.29) is 28.9 Å². The summed E-state index contributed by atoms with van der Waals surface area (Å²) in [6.45, 7) is 8.17. The highest BCUT2D eigenvalue weighted by atomic mass is 32.2. The molecule has 2 N–H and O–H groups in total. The first-order valence-electron chi connectivity index (χ1n) is 16.0. The van der Waals surface area contributed by atoms with Crippen molar-refractivity contribution in [3.8, 4) is 16.9 Å². The number of piperazine rings is 1. The molecule has 4 aromatic rings. The molecule has 1 saturated carbocycles. The van der Waals surface area contributed by atoms with Gasteiger partial charge in [-0.05, 0) is 88.2 Å². The van der Waals surface area contributed by atoms with Gasteiger partial charge in [0.25, 0.3) is 11.5 Å². The molecule has 0 unspecified atom stereocenters. The van der Waals surface area contributed by atoms with Crippen molar-refractivity contribution in [3.05, 3.63) is 75.3 Å². The molecular formula is C34H42N6O5S. The number of amides is 1. The Bertz CT molecular complexity index is 1940. The smallest absolute Gasteiger partial charge is 0.253 e. The zero-order valence-electron chi connectivity index (χ0n) is 26.9. The lowest BCUT2D eigenvalue weighted by molar-refractivity contribution is 0.0952. The van der Waals surface area contributed by atoms with Crippen molar-refractivity contribution >= 4 is 26.8 Å². The summed E-state index contributed by atoms with van der Waals surface area (Å²) in [5, 5.41) is 8.39. The van der Waals surface area contributed by atoms with E-state index in [9.17, 15) is 18.0 Å². The van der Waals surface area contributed by atoms with E-state index >= 15 is 0 Å². The van der Waals surface area contributed by atoms with Crippen molar-refractivity contribution in [2.75, 3.05) is 39.8 Å². The van der Waals surface area contributed by atoms with Crippen LogP contribution in [-0.4, -0.2) is 78.1 Å². The molecule has 2 aromatic heterocycles. The molecule has 1 aliphatic carbocycles. The summed E-state index contributed by atoms with van der Waals surface area (Å²) in [7, 11) is -1.77. The third-order valence-electron chi connectivity index (χ3n) is 9.21. The number of benzene rings is 2. The molecule has 1 saturated heterocycles. The normalized spacial score (nSPS) is 16.7. The maximum Gasteiger partial charge on any atom is 0.253 e. The monoisotopic (exact) mass is 646 g/mol.